The number of anilines is 1. The monoisotopic (exact) mass is 317 g/mol. The van der Waals surface area contributed by atoms with E-state index in [9.17, 15) is 0 Å². The van der Waals surface area contributed by atoms with Gasteiger partial charge in [-0.15, -0.1) is 0 Å². The fraction of sp³-hybridized carbons (Fsp3) is 0.308. The normalized spacial score (nSPS) is 10.8. The topological polar surface area (TPSA) is 29.9 Å². The molecule has 0 aliphatic heterocycles. The van der Waals surface area contributed by atoms with Crippen LogP contribution in [0.4, 0.5) is 5.69 Å². The minimum atomic E-state index is 0.510. The van der Waals surface area contributed by atoms with Crippen molar-refractivity contribution in [3.05, 3.63) is 44.7 Å². The summed E-state index contributed by atoms with van der Waals surface area (Å²) in [5, 5.41) is 9.15. The van der Waals surface area contributed by atoms with E-state index in [1.807, 2.05) is 11.7 Å². The molecule has 0 amide bonds. The van der Waals surface area contributed by atoms with Crippen molar-refractivity contribution in [3.8, 4) is 0 Å². The molecule has 0 atom stereocenters. The maximum absolute atomic E-state index is 6.12. The second-order valence-electron chi connectivity index (χ2n) is 4.20. The van der Waals surface area contributed by atoms with Crippen molar-refractivity contribution in [2.24, 2.45) is 7.05 Å². The van der Waals surface area contributed by atoms with Crippen molar-refractivity contribution in [1.82, 2.24) is 9.78 Å². The van der Waals surface area contributed by atoms with E-state index >= 15 is 0 Å². The lowest BCUT2D eigenvalue weighted by atomic mass is 10.3. The van der Waals surface area contributed by atoms with Gasteiger partial charge in [-0.25, -0.2) is 0 Å². The first kappa shape index (κ1) is 14.5. The molecule has 2 rings (SSSR count). The van der Waals surface area contributed by atoms with Gasteiger partial charge >= 0.3 is 0 Å². The van der Waals surface area contributed by atoms with E-state index in [0.717, 1.165) is 17.8 Å². The number of benzene rings is 1. The van der Waals surface area contributed by atoms with Gasteiger partial charge in [0.05, 0.1) is 33.7 Å². The first-order valence-electron chi connectivity index (χ1n) is 5.91. The van der Waals surface area contributed by atoms with E-state index in [2.05, 4.69) is 23.4 Å². The molecule has 3 nitrogen and oxygen atoms in total. The van der Waals surface area contributed by atoms with Crippen LogP contribution < -0.4 is 5.32 Å². The molecule has 1 heterocycles. The number of hydrogen-bond donors (Lipinski definition) is 1. The smallest absolute Gasteiger partial charge is 0.0723 e. The molecule has 1 N–H and O–H groups in total. The highest BCUT2D eigenvalue weighted by molar-refractivity contribution is 6.41. The Kier molecular flexibility index (Phi) is 4.61. The van der Waals surface area contributed by atoms with Crippen LogP contribution in [0.2, 0.25) is 15.1 Å². The zero-order valence-corrected chi connectivity index (χ0v) is 12.9. The van der Waals surface area contributed by atoms with Gasteiger partial charge in [-0.3, -0.25) is 4.68 Å². The summed E-state index contributed by atoms with van der Waals surface area (Å²) in [5.41, 5.74) is 2.82. The van der Waals surface area contributed by atoms with Crippen molar-refractivity contribution in [3.63, 3.8) is 0 Å². The van der Waals surface area contributed by atoms with Crippen molar-refractivity contribution in [2.75, 3.05) is 5.32 Å². The third kappa shape index (κ3) is 3.35. The van der Waals surface area contributed by atoms with Gasteiger partial charge < -0.3 is 5.32 Å². The second-order valence-corrected chi connectivity index (χ2v) is 5.45. The van der Waals surface area contributed by atoms with Crippen LogP contribution in [0.15, 0.2) is 18.2 Å². The van der Waals surface area contributed by atoms with Crippen molar-refractivity contribution in [2.45, 2.75) is 19.9 Å². The second kappa shape index (κ2) is 6.04. The molecule has 1 aromatic heterocycles. The van der Waals surface area contributed by atoms with Gasteiger partial charge in [-0.1, -0.05) is 41.7 Å². The van der Waals surface area contributed by atoms with Gasteiger partial charge in [-0.05, 0) is 24.6 Å². The molecule has 6 heteroatoms. The maximum Gasteiger partial charge on any atom is 0.0723 e. The first-order valence-corrected chi connectivity index (χ1v) is 7.05. The molecule has 0 spiro atoms. The summed E-state index contributed by atoms with van der Waals surface area (Å²) in [6.07, 6.45) is 0.913. The molecule has 2 aromatic rings. The van der Waals surface area contributed by atoms with Gasteiger partial charge in [0.15, 0.2) is 0 Å². The largest absolute Gasteiger partial charge is 0.377 e. The average molecular weight is 319 g/mol. The van der Waals surface area contributed by atoms with E-state index in [-0.39, 0.29) is 0 Å². The van der Waals surface area contributed by atoms with Crippen LogP contribution in [0.1, 0.15) is 18.3 Å². The highest BCUT2D eigenvalue weighted by atomic mass is 35.5. The number of aromatic nitrogens is 2. The Hall–Kier alpha value is -0.900. The number of halogens is 3. The van der Waals surface area contributed by atoms with Crippen LogP contribution in [0, 0.1) is 0 Å². The van der Waals surface area contributed by atoms with E-state index < -0.39 is 0 Å². The first-order chi connectivity index (χ1) is 9.01. The third-order valence-corrected chi connectivity index (χ3v) is 3.66. The molecule has 0 unspecified atom stereocenters. The molecular formula is C13H14Cl3N3. The van der Waals surface area contributed by atoms with Crippen LogP contribution >= 0.6 is 34.8 Å². The average Bonchev–Trinajstić information content (AvgIpc) is 2.69. The lowest BCUT2D eigenvalue weighted by molar-refractivity contribution is 0.707. The zero-order chi connectivity index (χ0) is 14.0. The predicted octanol–water partition coefficient (Wildman–Crippen LogP) is 4.55. The number of aryl methyl sites for hydroxylation is 2. The van der Waals surface area contributed by atoms with Crippen LogP contribution in [-0.2, 0) is 20.0 Å². The molecule has 102 valence electrons. The molecule has 0 bridgehead atoms. The Labute approximate surface area is 127 Å². The minimum absolute atomic E-state index is 0.510. The minimum Gasteiger partial charge on any atom is -0.377 e. The Morgan fingerprint density at radius 1 is 1.16 bits per heavy atom. The number of nitrogens with zero attached hydrogens (tertiary/aromatic N) is 2. The van der Waals surface area contributed by atoms with E-state index in [0.29, 0.717) is 27.3 Å². The summed E-state index contributed by atoms with van der Waals surface area (Å²) in [4.78, 5) is 0. The third-order valence-electron chi connectivity index (χ3n) is 2.84. The summed E-state index contributed by atoms with van der Waals surface area (Å²) in [6, 6.07) is 5.39. The van der Waals surface area contributed by atoms with Crippen LogP contribution in [0.25, 0.3) is 0 Å². The number of rotatable bonds is 4. The molecule has 19 heavy (non-hydrogen) atoms. The van der Waals surface area contributed by atoms with Gasteiger partial charge in [0.25, 0.3) is 0 Å². The standard InChI is InChI=1S/C13H14Cl3N3/c1-3-9-6-10(19(2)18-9)7-17-13-11(15)4-8(14)5-12(13)16/h4-6,17H,3,7H2,1-2H3. The maximum atomic E-state index is 6.12. The Balaban J connectivity index is 2.16. The summed E-state index contributed by atoms with van der Waals surface area (Å²) in [5.74, 6) is 0. The van der Waals surface area contributed by atoms with Crippen LogP contribution in [-0.4, -0.2) is 9.78 Å². The van der Waals surface area contributed by atoms with Crippen LogP contribution in [0.5, 0.6) is 0 Å². The Bertz CT molecular complexity index is 570. The molecule has 0 saturated carbocycles. The molecule has 0 saturated heterocycles. The summed E-state index contributed by atoms with van der Waals surface area (Å²) >= 11 is 18.1. The quantitative estimate of drug-likeness (QED) is 0.896. The van der Waals surface area contributed by atoms with Crippen molar-refractivity contribution in [1.29, 1.82) is 0 Å². The predicted molar refractivity (Wildman–Crippen MR) is 81.4 cm³/mol. The van der Waals surface area contributed by atoms with Crippen molar-refractivity contribution >= 4 is 40.5 Å². The highest BCUT2D eigenvalue weighted by Gasteiger charge is 2.09. The van der Waals surface area contributed by atoms with Gasteiger partial charge in [0, 0.05) is 12.1 Å². The molecule has 0 aliphatic rings. The Morgan fingerprint density at radius 2 is 1.79 bits per heavy atom. The molecular weight excluding hydrogens is 305 g/mol. The molecule has 1 aromatic carbocycles. The lowest BCUT2D eigenvalue weighted by Crippen LogP contribution is -2.06. The van der Waals surface area contributed by atoms with Gasteiger partial charge in [0.1, 0.15) is 0 Å². The van der Waals surface area contributed by atoms with E-state index in [1.165, 1.54) is 0 Å². The zero-order valence-electron chi connectivity index (χ0n) is 10.7. The van der Waals surface area contributed by atoms with Crippen molar-refractivity contribution < 1.29 is 0 Å². The number of hydrogen-bond acceptors (Lipinski definition) is 2. The fourth-order valence-corrected chi connectivity index (χ4v) is 2.75. The van der Waals surface area contributed by atoms with E-state index in [4.69, 9.17) is 34.8 Å². The SMILES string of the molecule is CCc1cc(CNc2c(Cl)cc(Cl)cc2Cl)n(C)n1. The molecule has 0 aliphatic carbocycles. The van der Waals surface area contributed by atoms with Gasteiger partial charge in [0.2, 0.25) is 0 Å². The summed E-state index contributed by atoms with van der Waals surface area (Å²) in [6.45, 7) is 2.68. The fourth-order valence-electron chi connectivity index (χ4n) is 1.80. The molecule has 0 fully saturated rings. The van der Waals surface area contributed by atoms with Gasteiger partial charge in [-0.2, -0.15) is 5.10 Å². The van der Waals surface area contributed by atoms with Crippen LogP contribution in [0.3, 0.4) is 0 Å². The lowest BCUT2D eigenvalue weighted by Gasteiger charge is -2.11. The highest BCUT2D eigenvalue weighted by Crippen LogP contribution is 2.33. The van der Waals surface area contributed by atoms with E-state index in [1.54, 1.807) is 12.1 Å². The summed E-state index contributed by atoms with van der Waals surface area (Å²) < 4.78 is 1.85. The number of nitrogens with one attached hydrogen (secondary N) is 1. The molecule has 0 radical (unpaired) electrons. The Morgan fingerprint density at radius 3 is 2.32 bits per heavy atom. The summed E-state index contributed by atoms with van der Waals surface area (Å²) in [7, 11) is 1.92.